The maximum absolute atomic E-state index is 12.6. The summed E-state index contributed by atoms with van der Waals surface area (Å²) in [5, 5.41) is 24.6. The predicted molar refractivity (Wildman–Crippen MR) is 186 cm³/mol. The van der Waals surface area contributed by atoms with Gasteiger partial charge in [-0.3, -0.25) is 9.13 Å². The van der Waals surface area contributed by atoms with Crippen LogP contribution in [0.15, 0.2) is 48.5 Å². The summed E-state index contributed by atoms with van der Waals surface area (Å²) in [5.74, 6) is 0. The standard InChI is InChI=1S/C16H28O6P2.C8H8Br2.3C2H6O.Pt/c1-5-19-23(17,20-6-2)13-15-10-9-11-16(12-15)14-24(18,21-7-3)22-8-4;9-5-7-2-1-3-8(4-7)6-10;3*1-2-3;/h9-12H,5-8,13-14H2,1-4H3;1-4H,5-6H2;3*3H,2H2,1H3;. The van der Waals surface area contributed by atoms with Crippen molar-refractivity contribution < 1.29 is 63.6 Å². The average Bonchev–Trinajstić information content (AvgIpc) is 2.95. The SMILES string of the molecule is BrCc1cccc(CBr)c1.CCO.CCO.CCO.CCOP(=O)(Cc1cccc(CP(=O)(OCC)OCC)c1)OCC.[Pt]. The summed E-state index contributed by atoms with van der Waals surface area (Å²) in [4.78, 5) is 0. The number of hydrogen-bond acceptors (Lipinski definition) is 9. The molecule has 0 saturated carbocycles. The summed E-state index contributed by atoms with van der Waals surface area (Å²) >= 11 is 6.81. The Bertz CT molecular complexity index is 913. The first-order chi connectivity index (χ1) is 20.5. The third kappa shape index (κ3) is 28.5. The summed E-state index contributed by atoms with van der Waals surface area (Å²) in [7, 11) is -6.34. The Hall–Kier alpha value is 0.268. The van der Waals surface area contributed by atoms with E-state index in [0.29, 0.717) is 26.4 Å². The van der Waals surface area contributed by atoms with Crippen LogP contribution in [-0.4, -0.2) is 61.6 Å². The van der Waals surface area contributed by atoms with Gasteiger partial charge in [0.1, 0.15) is 0 Å². The maximum atomic E-state index is 12.6. The second-order valence-corrected chi connectivity index (χ2v) is 13.3. The van der Waals surface area contributed by atoms with Crippen molar-refractivity contribution in [1.29, 1.82) is 0 Å². The second-order valence-electron chi connectivity index (χ2n) is 8.06. The summed E-state index contributed by atoms with van der Waals surface area (Å²) in [6.45, 7) is 14.2. The van der Waals surface area contributed by atoms with E-state index in [0.717, 1.165) is 21.8 Å². The molecule has 3 N–H and O–H groups in total. The van der Waals surface area contributed by atoms with Gasteiger partial charge in [-0.2, -0.15) is 0 Å². The molecule has 0 aliphatic heterocycles. The van der Waals surface area contributed by atoms with Crippen molar-refractivity contribution in [3.63, 3.8) is 0 Å². The number of hydrogen-bond donors (Lipinski definition) is 3. The van der Waals surface area contributed by atoms with Gasteiger partial charge in [-0.05, 0) is 70.7 Å². The van der Waals surface area contributed by atoms with Crippen LogP contribution >= 0.6 is 47.1 Å². The zero-order chi connectivity index (χ0) is 33.6. The predicted octanol–water partition coefficient (Wildman–Crippen LogP) is 8.69. The summed E-state index contributed by atoms with van der Waals surface area (Å²) in [6, 6.07) is 15.9. The van der Waals surface area contributed by atoms with E-state index in [1.807, 2.05) is 24.3 Å². The molecule has 0 fully saturated rings. The Morgan fingerprint density at radius 3 is 1.00 bits per heavy atom. The van der Waals surface area contributed by atoms with Crippen LogP contribution in [0.1, 0.15) is 70.7 Å². The summed E-state index contributed by atoms with van der Waals surface area (Å²) in [5.41, 5.74) is 4.27. The quantitative estimate of drug-likeness (QED) is 0.126. The maximum Gasteiger partial charge on any atom is 0.335 e. The van der Waals surface area contributed by atoms with Crippen LogP contribution in [0.25, 0.3) is 0 Å². The molecule has 2 rings (SSSR count). The molecule has 0 spiro atoms. The normalized spacial score (nSPS) is 10.3. The van der Waals surface area contributed by atoms with Crippen molar-refractivity contribution >= 4 is 47.1 Å². The van der Waals surface area contributed by atoms with E-state index in [1.54, 1.807) is 48.5 Å². The van der Waals surface area contributed by atoms with Crippen molar-refractivity contribution in [3.05, 3.63) is 70.8 Å². The number of halogens is 2. The van der Waals surface area contributed by atoms with E-state index in [2.05, 4.69) is 56.1 Å². The van der Waals surface area contributed by atoms with E-state index in [1.165, 1.54) is 11.1 Å². The third-order valence-electron chi connectivity index (χ3n) is 4.35. The molecule has 14 heteroatoms. The summed E-state index contributed by atoms with van der Waals surface area (Å²) in [6.07, 6.45) is 0.353. The minimum absolute atomic E-state index is 0. The molecule has 0 atom stereocenters. The molecule has 9 nitrogen and oxygen atoms in total. The molecule has 0 bridgehead atoms. The van der Waals surface area contributed by atoms with Crippen LogP contribution in [0.5, 0.6) is 0 Å². The first-order valence-electron chi connectivity index (χ1n) is 14.4. The number of benzene rings is 2. The largest absolute Gasteiger partial charge is 0.397 e. The average molecular weight is 976 g/mol. The van der Waals surface area contributed by atoms with Gasteiger partial charge in [0, 0.05) is 51.5 Å². The van der Waals surface area contributed by atoms with E-state index >= 15 is 0 Å². The monoisotopic (exact) mass is 973 g/mol. The topological polar surface area (TPSA) is 132 Å². The van der Waals surface area contributed by atoms with Gasteiger partial charge < -0.3 is 33.4 Å². The molecule has 0 saturated heterocycles. The van der Waals surface area contributed by atoms with Gasteiger partial charge in [-0.15, -0.1) is 0 Å². The van der Waals surface area contributed by atoms with Gasteiger partial charge in [0.15, 0.2) is 0 Å². The van der Waals surface area contributed by atoms with E-state index < -0.39 is 15.2 Å². The molecule has 0 aliphatic carbocycles. The van der Waals surface area contributed by atoms with Crippen molar-refractivity contribution in [2.24, 2.45) is 0 Å². The molecule has 44 heavy (non-hydrogen) atoms. The van der Waals surface area contributed by atoms with Gasteiger partial charge in [0.05, 0.1) is 38.8 Å². The fourth-order valence-corrected chi connectivity index (χ4v) is 7.19. The molecule has 0 amide bonds. The van der Waals surface area contributed by atoms with Crippen molar-refractivity contribution in [2.75, 3.05) is 46.2 Å². The Morgan fingerprint density at radius 1 is 0.545 bits per heavy atom. The minimum Gasteiger partial charge on any atom is -0.397 e. The number of alkyl halides is 2. The molecular formula is C30H54Br2O9P2Pt. The van der Waals surface area contributed by atoms with E-state index in [-0.39, 0.29) is 53.2 Å². The van der Waals surface area contributed by atoms with Gasteiger partial charge in [-0.1, -0.05) is 80.4 Å². The number of aliphatic hydroxyl groups excluding tert-OH is 3. The van der Waals surface area contributed by atoms with Crippen molar-refractivity contribution in [3.8, 4) is 0 Å². The van der Waals surface area contributed by atoms with Gasteiger partial charge in [0.25, 0.3) is 0 Å². The Labute approximate surface area is 297 Å². The minimum atomic E-state index is -3.17. The van der Waals surface area contributed by atoms with Gasteiger partial charge in [-0.25, -0.2) is 0 Å². The molecule has 0 radical (unpaired) electrons. The fourth-order valence-electron chi connectivity index (χ4n) is 3.11. The van der Waals surface area contributed by atoms with Crippen LogP contribution < -0.4 is 0 Å². The number of rotatable bonds is 14. The molecule has 262 valence electrons. The molecule has 2 aromatic carbocycles. The zero-order valence-electron chi connectivity index (χ0n) is 27.2. The zero-order valence-corrected chi connectivity index (χ0v) is 34.4. The van der Waals surface area contributed by atoms with Crippen molar-refractivity contribution in [2.45, 2.75) is 71.5 Å². The fraction of sp³-hybridized carbons (Fsp3) is 0.600. The molecular weight excluding hydrogens is 921 g/mol. The van der Waals surface area contributed by atoms with Crippen LogP contribution in [-0.2, 0) is 71.3 Å². The Balaban J connectivity index is -0.000000328. The first-order valence-corrected chi connectivity index (χ1v) is 20.1. The second kappa shape index (κ2) is 34.6. The van der Waals surface area contributed by atoms with Crippen LogP contribution in [0.3, 0.4) is 0 Å². The molecule has 0 heterocycles. The van der Waals surface area contributed by atoms with Crippen molar-refractivity contribution in [1.82, 2.24) is 0 Å². The van der Waals surface area contributed by atoms with Crippen LogP contribution in [0.4, 0.5) is 0 Å². The van der Waals surface area contributed by atoms with Gasteiger partial charge >= 0.3 is 15.2 Å². The molecule has 0 aromatic heterocycles. The third-order valence-corrected chi connectivity index (χ3v) is 9.75. The van der Waals surface area contributed by atoms with E-state index in [4.69, 9.17) is 33.4 Å². The molecule has 2 aromatic rings. The number of aliphatic hydroxyl groups is 3. The molecule has 0 unspecified atom stereocenters. The Morgan fingerprint density at radius 2 is 0.773 bits per heavy atom. The van der Waals surface area contributed by atoms with Gasteiger partial charge in [0.2, 0.25) is 0 Å². The molecule has 0 aliphatic rings. The van der Waals surface area contributed by atoms with E-state index in [9.17, 15) is 9.13 Å². The first kappa shape index (κ1) is 51.1. The Kier molecular flexibility index (Phi) is 40.2. The van der Waals surface area contributed by atoms with Crippen LogP contribution in [0.2, 0.25) is 0 Å². The smallest absolute Gasteiger partial charge is 0.335 e. The summed E-state index contributed by atoms with van der Waals surface area (Å²) < 4.78 is 46.6. The van der Waals surface area contributed by atoms with Crippen LogP contribution in [0, 0.1) is 0 Å².